The molecule has 0 saturated carbocycles. The van der Waals surface area contributed by atoms with E-state index in [1.54, 1.807) is 0 Å². The Morgan fingerprint density at radius 2 is 2.00 bits per heavy atom. The second-order valence-electron chi connectivity index (χ2n) is 3.78. The van der Waals surface area contributed by atoms with E-state index in [0.717, 1.165) is 32.4 Å². The molecule has 0 aliphatic carbocycles. The molecule has 0 amide bonds. The third kappa shape index (κ3) is 3.53. The Bertz CT molecular complexity index is 256. The van der Waals surface area contributed by atoms with Gasteiger partial charge >= 0.3 is 0 Å². The number of hydrogen-bond acceptors (Lipinski definition) is 3. The molecule has 1 unspecified atom stereocenters. The number of hydrogen-bond donors (Lipinski definition) is 2. The van der Waals surface area contributed by atoms with Crippen molar-refractivity contribution < 1.29 is 8.42 Å². The molecule has 14 heavy (non-hydrogen) atoms. The standard InChI is InChI=1S/C8H19N3O2S/c1-11(2)14(12,13)10-8-4-3-6-9-7-5-8/h8-10H,3-7H2,1-2H3. The van der Waals surface area contributed by atoms with Crippen LogP contribution in [-0.4, -0.2) is 45.9 Å². The first kappa shape index (κ1) is 11.9. The number of nitrogens with zero attached hydrogens (tertiary/aromatic N) is 1. The second kappa shape index (κ2) is 5.06. The van der Waals surface area contributed by atoms with Gasteiger partial charge in [-0.15, -0.1) is 0 Å². The first-order valence-electron chi connectivity index (χ1n) is 4.93. The van der Waals surface area contributed by atoms with Crippen molar-refractivity contribution in [1.29, 1.82) is 0 Å². The summed E-state index contributed by atoms with van der Waals surface area (Å²) in [5.41, 5.74) is 0. The summed E-state index contributed by atoms with van der Waals surface area (Å²) in [5, 5.41) is 3.24. The van der Waals surface area contributed by atoms with Gasteiger partial charge in [-0.25, -0.2) is 0 Å². The Kier molecular flexibility index (Phi) is 4.31. The van der Waals surface area contributed by atoms with Gasteiger partial charge in [-0.05, 0) is 32.4 Å². The minimum atomic E-state index is -3.26. The van der Waals surface area contributed by atoms with Crippen LogP contribution in [0.3, 0.4) is 0 Å². The van der Waals surface area contributed by atoms with Gasteiger partial charge in [0, 0.05) is 20.1 Å². The maximum Gasteiger partial charge on any atom is 0.279 e. The van der Waals surface area contributed by atoms with Gasteiger partial charge in [0.25, 0.3) is 10.2 Å². The summed E-state index contributed by atoms with van der Waals surface area (Å²) in [4.78, 5) is 0. The Morgan fingerprint density at radius 1 is 1.29 bits per heavy atom. The lowest BCUT2D eigenvalue weighted by Gasteiger charge is -2.19. The summed E-state index contributed by atoms with van der Waals surface area (Å²) >= 11 is 0. The molecule has 0 spiro atoms. The Labute approximate surface area is 86.0 Å². The zero-order valence-electron chi connectivity index (χ0n) is 8.78. The Hall–Kier alpha value is -0.170. The van der Waals surface area contributed by atoms with E-state index in [1.807, 2.05) is 0 Å². The maximum atomic E-state index is 11.5. The molecule has 84 valence electrons. The molecular formula is C8H19N3O2S. The van der Waals surface area contributed by atoms with Crippen LogP contribution in [-0.2, 0) is 10.2 Å². The van der Waals surface area contributed by atoms with E-state index < -0.39 is 10.2 Å². The highest BCUT2D eigenvalue weighted by Crippen LogP contribution is 2.06. The molecule has 0 aromatic heterocycles. The molecule has 1 heterocycles. The fraction of sp³-hybridized carbons (Fsp3) is 1.00. The van der Waals surface area contributed by atoms with Crippen molar-refractivity contribution in [2.24, 2.45) is 0 Å². The van der Waals surface area contributed by atoms with Crippen LogP contribution >= 0.6 is 0 Å². The van der Waals surface area contributed by atoms with Crippen LogP contribution < -0.4 is 10.0 Å². The van der Waals surface area contributed by atoms with E-state index in [9.17, 15) is 8.42 Å². The molecule has 1 aliphatic heterocycles. The van der Waals surface area contributed by atoms with Crippen LogP contribution in [0.5, 0.6) is 0 Å². The predicted molar refractivity (Wildman–Crippen MR) is 56.3 cm³/mol. The van der Waals surface area contributed by atoms with Crippen LogP contribution in [0.15, 0.2) is 0 Å². The van der Waals surface area contributed by atoms with Crippen LogP contribution in [0.4, 0.5) is 0 Å². The zero-order valence-corrected chi connectivity index (χ0v) is 9.60. The maximum absolute atomic E-state index is 11.5. The van der Waals surface area contributed by atoms with Crippen LogP contribution in [0.25, 0.3) is 0 Å². The second-order valence-corrected chi connectivity index (χ2v) is 5.70. The third-order valence-corrected chi connectivity index (χ3v) is 3.96. The van der Waals surface area contributed by atoms with E-state index in [0.29, 0.717) is 0 Å². The van der Waals surface area contributed by atoms with Crippen molar-refractivity contribution >= 4 is 10.2 Å². The summed E-state index contributed by atoms with van der Waals surface area (Å²) in [7, 11) is -0.181. The molecule has 1 fully saturated rings. The van der Waals surface area contributed by atoms with Gasteiger partial charge in [0.1, 0.15) is 0 Å². The average Bonchev–Trinajstić information content (AvgIpc) is 2.32. The average molecular weight is 221 g/mol. The van der Waals surface area contributed by atoms with Crippen molar-refractivity contribution in [3.8, 4) is 0 Å². The summed E-state index contributed by atoms with van der Waals surface area (Å²) in [5.74, 6) is 0. The monoisotopic (exact) mass is 221 g/mol. The molecule has 0 aromatic carbocycles. The van der Waals surface area contributed by atoms with Gasteiger partial charge in [0.2, 0.25) is 0 Å². The van der Waals surface area contributed by atoms with E-state index in [2.05, 4.69) is 10.0 Å². The SMILES string of the molecule is CN(C)S(=O)(=O)NC1CCCNCC1. The first-order chi connectivity index (χ1) is 6.52. The van der Waals surface area contributed by atoms with E-state index in [1.165, 1.54) is 18.4 Å². The van der Waals surface area contributed by atoms with E-state index in [-0.39, 0.29) is 6.04 Å². The molecule has 0 bridgehead atoms. The molecule has 6 heteroatoms. The van der Waals surface area contributed by atoms with Crippen molar-refractivity contribution in [2.75, 3.05) is 27.2 Å². The molecule has 1 saturated heterocycles. The largest absolute Gasteiger partial charge is 0.317 e. The lowest BCUT2D eigenvalue weighted by molar-refractivity contribution is 0.470. The van der Waals surface area contributed by atoms with Crippen LogP contribution in [0.1, 0.15) is 19.3 Å². The van der Waals surface area contributed by atoms with Gasteiger partial charge in [-0.1, -0.05) is 0 Å². The summed E-state index contributed by atoms with van der Waals surface area (Å²) < 4.78 is 26.9. The molecule has 5 nitrogen and oxygen atoms in total. The number of rotatable bonds is 3. The highest BCUT2D eigenvalue weighted by molar-refractivity contribution is 7.87. The Morgan fingerprint density at radius 3 is 2.64 bits per heavy atom. The zero-order chi connectivity index (χ0) is 10.6. The van der Waals surface area contributed by atoms with Crippen molar-refractivity contribution in [2.45, 2.75) is 25.3 Å². The normalized spacial score (nSPS) is 24.9. The minimum absolute atomic E-state index is 0.0809. The van der Waals surface area contributed by atoms with Gasteiger partial charge in [-0.3, -0.25) is 0 Å². The number of nitrogens with one attached hydrogen (secondary N) is 2. The van der Waals surface area contributed by atoms with Gasteiger partial charge in [0.05, 0.1) is 0 Å². The first-order valence-corrected chi connectivity index (χ1v) is 6.37. The van der Waals surface area contributed by atoms with Crippen LogP contribution in [0, 0.1) is 0 Å². The molecule has 1 aliphatic rings. The fourth-order valence-corrected chi connectivity index (χ4v) is 2.32. The lowest BCUT2D eigenvalue weighted by Crippen LogP contribution is -2.42. The minimum Gasteiger partial charge on any atom is -0.317 e. The molecule has 0 aromatic rings. The molecule has 2 N–H and O–H groups in total. The molecule has 0 radical (unpaired) electrons. The van der Waals surface area contributed by atoms with Crippen LogP contribution in [0.2, 0.25) is 0 Å². The van der Waals surface area contributed by atoms with Crippen molar-refractivity contribution in [3.63, 3.8) is 0 Å². The van der Waals surface area contributed by atoms with Crippen molar-refractivity contribution in [1.82, 2.24) is 14.3 Å². The fourth-order valence-electron chi connectivity index (χ4n) is 1.45. The quantitative estimate of drug-likeness (QED) is 0.677. The molecule has 1 atom stereocenters. The molecule has 1 rings (SSSR count). The highest BCUT2D eigenvalue weighted by Gasteiger charge is 2.20. The topological polar surface area (TPSA) is 61.4 Å². The summed E-state index contributed by atoms with van der Waals surface area (Å²) in [6, 6.07) is 0.0809. The third-order valence-electron chi connectivity index (χ3n) is 2.37. The smallest absolute Gasteiger partial charge is 0.279 e. The van der Waals surface area contributed by atoms with Crippen molar-refractivity contribution in [3.05, 3.63) is 0 Å². The Balaban J connectivity index is 2.50. The lowest BCUT2D eigenvalue weighted by atomic mass is 10.1. The van der Waals surface area contributed by atoms with E-state index >= 15 is 0 Å². The summed E-state index contributed by atoms with van der Waals surface area (Å²) in [6.07, 6.45) is 2.81. The van der Waals surface area contributed by atoms with Gasteiger partial charge in [0.15, 0.2) is 0 Å². The highest BCUT2D eigenvalue weighted by atomic mass is 32.2. The van der Waals surface area contributed by atoms with Gasteiger partial charge in [-0.2, -0.15) is 17.4 Å². The summed E-state index contributed by atoms with van der Waals surface area (Å²) in [6.45, 7) is 1.88. The predicted octanol–water partition coefficient (Wildman–Crippen LogP) is -0.475. The van der Waals surface area contributed by atoms with Gasteiger partial charge < -0.3 is 5.32 Å². The van der Waals surface area contributed by atoms with E-state index in [4.69, 9.17) is 0 Å². The molecular weight excluding hydrogens is 202 g/mol.